The van der Waals surface area contributed by atoms with Crippen molar-refractivity contribution >= 4 is 21.9 Å². The van der Waals surface area contributed by atoms with Crippen LogP contribution in [-0.2, 0) is 10.0 Å². The van der Waals surface area contributed by atoms with Crippen LogP contribution in [0.3, 0.4) is 0 Å². The Morgan fingerprint density at radius 2 is 1.74 bits per heavy atom. The summed E-state index contributed by atoms with van der Waals surface area (Å²) in [4.78, 5) is 25.3. The highest BCUT2D eigenvalue weighted by molar-refractivity contribution is 7.92. The van der Waals surface area contributed by atoms with Gasteiger partial charge in [-0.25, -0.2) is 18.1 Å². The van der Waals surface area contributed by atoms with Crippen LogP contribution < -0.4 is 14.8 Å². The van der Waals surface area contributed by atoms with E-state index in [2.05, 4.69) is 33.9 Å². The van der Waals surface area contributed by atoms with E-state index in [4.69, 9.17) is 4.74 Å². The molecule has 1 aliphatic heterocycles. The number of anilines is 1. The molecule has 3 aliphatic rings. The third-order valence-corrected chi connectivity index (χ3v) is 10.3. The van der Waals surface area contributed by atoms with Gasteiger partial charge in [-0.15, -0.1) is 0 Å². The minimum atomic E-state index is -4.09. The van der Waals surface area contributed by atoms with Crippen LogP contribution in [0, 0.1) is 19.8 Å². The second kappa shape index (κ2) is 11.9. The van der Waals surface area contributed by atoms with Crippen LogP contribution in [0.4, 0.5) is 5.95 Å². The van der Waals surface area contributed by atoms with Crippen LogP contribution in [0.25, 0.3) is 11.3 Å². The van der Waals surface area contributed by atoms with E-state index in [1.54, 1.807) is 18.2 Å². The van der Waals surface area contributed by atoms with Gasteiger partial charge in [-0.2, -0.15) is 4.98 Å². The van der Waals surface area contributed by atoms with Gasteiger partial charge in [0.15, 0.2) is 0 Å². The van der Waals surface area contributed by atoms with Gasteiger partial charge in [-0.3, -0.25) is 4.79 Å². The van der Waals surface area contributed by atoms with Crippen LogP contribution in [-0.4, -0.2) is 60.0 Å². The lowest BCUT2D eigenvalue weighted by atomic mass is 9.81. The van der Waals surface area contributed by atoms with Crippen molar-refractivity contribution in [2.45, 2.75) is 95.3 Å². The Bertz CT molecular complexity index is 1590. The number of hydrogen-bond donors (Lipinski definition) is 2. The molecule has 2 aromatic carbocycles. The molecule has 228 valence electrons. The summed E-state index contributed by atoms with van der Waals surface area (Å²) in [7, 11) is -4.09. The van der Waals surface area contributed by atoms with Gasteiger partial charge in [0, 0.05) is 35.3 Å². The first-order valence-electron chi connectivity index (χ1n) is 15.4. The summed E-state index contributed by atoms with van der Waals surface area (Å²) in [5.74, 6) is 0.317. The zero-order valence-corrected chi connectivity index (χ0v) is 26.2. The molecule has 2 N–H and O–H groups in total. The maximum atomic E-state index is 14.3. The fourth-order valence-corrected chi connectivity index (χ4v) is 7.48. The average molecular weight is 604 g/mol. The molecule has 2 fully saturated rings. The van der Waals surface area contributed by atoms with E-state index in [9.17, 15) is 13.2 Å². The van der Waals surface area contributed by atoms with Crippen molar-refractivity contribution in [3.63, 3.8) is 0 Å². The molecule has 1 amide bonds. The molecule has 0 radical (unpaired) electrons. The zero-order chi connectivity index (χ0) is 30.3. The van der Waals surface area contributed by atoms with Crippen LogP contribution in [0.5, 0.6) is 5.88 Å². The molecule has 1 aromatic heterocycles. The monoisotopic (exact) mass is 603 g/mol. The lowest BCUT2D eigenvalue weighted by Crippen LogP contribution is -2.60. The number of fused-ring (bicyclic) bond motifs is 4. The Morgan fingerprint density at radius 1 is 1.02 bits per heavy atom. The van der Waals surface area contributed by atoms with Crippen molar-refractivity contribution in [2.75, 3.05) is 11.3 Å². The first-order valence-corrected chi connectivity index (χ1v) is 16.9. The largest absolute Gasteiger partial charge is 0.475 e. The first kappa shape index (κ1) is 29.6. The van der Waals surface area contributed by atoms with Gasteiger partial charge in [-0.1, -0.05) is 44.5 Å². The standard InChI is InChI=1S/C33H41N5O4S/c1-20(2)14-27-19-42-30-18-29(31-21(3)8-5-9-22(31)4)35-33(36-30)37-43(40,41)28-13-6-10-23(15-28)32(39)38(27)26-16-25(17-26)34-24-11-7-12-24/h5-6,8-10,13,15,18,20,24-27,34H,7,11-12,14,16-17,19H2,1-4H3,(H,35,36,37)/t25?,26?,27-/m1/s1. The Labute approximate surface area is 254 Å². The fraction of sp³-hybridized carbons (Fsp3) is 0.485. The smallest absolute Gasteiger partial charge is 0.264 e. The number of amides is 1. The van der Waals surface area contributed by atoms with Gasteiger partial charge in [-0.05, 0) is 81.2 Å². The van der Waals surface area contributed by atoms with E-state index in [1.807, 2.05) is 36.9 Å². The Kier molecular flexibility index (Phi) is 8.17. The summed E-state index contributed by atoms with van der Waals surface area (Å²) >= 11 is 0. The highest BCUT2D eigenvalue weighted by Crippen LogP contribution is 2.34. The summed E-state index contributed by atoms with van der Waals surface area (Å²) in [6, 6.07) is 14.8. The molecule has 1 atom stereocenters. The predicted molar refractivity (Wildman–Crippen MR) is 167 cm³/mol. The fourth-order valence-electron chi connectivity index (χ4n) is 6.49. The third kappa shape index (κ3) is 6.26. The molecule has 4 bridgehead atoms. The summed E-state index contributed by atoms with van der Waals surface area (Å²) in [5.41, 5.74) is 3.83. The van der Waals surface area contributed by atoms with Crippen LogP contribution in [0.15, 0.2) is 53.4 Å². The van der Waals surface area contributed by atoms with Crippen LogP contribution in [0.2, 0.25) is 0 Å². The molecular formula is C33H41N5O4S. The van der Waals surface area contributed by atoms with Gasteiger partial charge in [0.1, 0.15) is 6.61 Å². The molecule has 0 saturated heterocycles. The molecule has 2 saturated carbocycles. The molecule has 0 unspecified atom stereocenters. The van der Waals surface area contributed by atoms with Crippen molar-refractivity contribution in [1.82, 2.24) is 20.2 Å². The predicted octanol–water partition coefficient (Wildman–Crippen LogP) is 5.48. The number of nitrogens with one attached hydrogen (secondary N) is 2. The maximum absolute atomic E-state index is 14.3. The van der Waals surface area contributed by atoms with E-state index in [0.717, 1.165) is 36.0 Å². The van der Waals surface area contributed by atoms with Crippen molar-refractivity contribution in [3.8, 4) is 17.1 Å². The number of carbonyl (C=O) groups is 1. The molecule has 2 heterocycles. The molecule has 43 heavy (non-hydrogen) atoms. The quantitative estimate of drug-likeness (QED) is 0.383. The molecule has 9 nitrogen and oxygen atoms in total. The average Bonchev–Trinajstić information content (AvgIpc) is 2.90. The number of carbonyl (C=O) groups excluding carboxylic acids is 1. The molecule has 3 aromatic rings. The van der Waals surface area contributed by atoms with Crippen molar-refractivity contribution < 1.29 is 17.9 Å². The van der Waals surface area contributed by atoms with E-state index in [1.165, 1.54) is 31.4 Å². The van der Waals surface area contributed by atoms with Gasteiger partial charge in [0.05, 0.1) is 16.6 Å². The van der Waals surface area contributed by atoms with Gasteiger partial charge >= 0.3 is 0 Å². The van der Waals surface area contributed by atoms with Crippen molar-refractivity contribution in [3.05, 3.63) is 65.2 Å². The highest BCUT2D eigenvalue weighted by Gasteiger charge is 2.41. The highest BCUT2D eigenvalue weighted by atomic mass is 32.2. The molecule has 2 aliphatic carbocycles. The number of sulfonamides is 1. The Hall–Kier alpha value is -3.50. The number of benzene rings is 2. The van der Waals surface area contributed by atoms with Gasteiger partial charge < -0.3 is 15.0 Å². The van der Waals surface area contributed by atoms with Crippen molar-refractivity contribution in [2.24, 2.45) is 5.92 Å². The minimum Gasteiger partial charge on any atom is -0.475 e. The lowest BCUT2D eigenvalue weighted by Gasteiger charge is -2.48. The Morgan fingerprint density at radius 3 is 2.42 bits per heavy atom. The summed E-state index contributed by atoms with van der Waals surface area (Å²) in [5, 5.41) is 3.75. The number of rotatable bonds is 6. The number of nitrogens with zero attached hydrogens (tertiary/aromatic N) is 3. The van der Waals surface area contributed by atoms with E-state index < -0.39 is 10.0 Å². The first-order chi connectivity index (χ1) is 20.6. The normalized spacial score (nSPS) is 23.6. The molecular weight excluding hydrogens is 562 g/mol. The Balaban J connectivity index is 1.42. The second-order valence-corrected chi connectivity index (χ2v) is 14.4. The summed E-state index contributed by atoms with van der Waals surface area (Å²) < 4.78 is 36.0. The zero-order valence-electron chi connectivity index (χ0n) is 25.3. The molecule has 0 spiro atoms. The van der Waals surface area contributed by atoms with E-state index in [0.29, 0.717) is 29.3 Å². The number of aromatic nitrogens is 2. The van der Waals surface area contributed by atoms with Gasteiger partial charge in [0.25, 0.3) is 15.9 Å². The van der Waals surface area contributed by atoms with E-state index >= 15 is 0 Å². The number of ether oxygens (including phenoxy) is 1. The van der Waals surface area contributed by atoms with Gasteiger partial charge in [0.2, 0.25) is 11.8 Å². The topological polar surface area (TPSA) is 114 Å². The third-order valence-electron chi connectivity index (χ3n) is 8.93. The summed E-state index contributed by atoms with van der Waals surface area (Å²) in [6.07, 6.45) is 6.17. The SMILES string of the molecule is Cc1cccc(C)c1-c1cc2nc(n1)NS(=O)(=O)c1cccc(c1)C(=O)N(C1CC(NC3CCC3)C1)[C@H](CC(C)C)CO2. The molecule has 6 rings (SSSR count). The van der Waals surface area contributed by atoms with E-state index in [-0.39, 0.29) is 41.3 Å². The minimum absolute atomic E-state index is 0.0142. The lowest BCUT2D eigenvalue weighted by molar-refractivity contribution is 0.0186. The number of aryl methyl sites for hydroxylation is 2. The number of hydrogen-bond acceptors (Lipinski definition) is 7. The molecule has 10 heteroatoms. The van der Waals surface area contributed by atoms with Crippen LogP contribution >= 0.6 is 0 Å². The summed E-state index contributed by atoms with van der Waals surface area (Å²) in [6.45, 7) is 8.51. The maximum Gasteiger partial charge on any atom is 0.264 e. The van der Waals surface area contributed by atoms with Crippen LogP contribution in [0.1, 0.15) is 73.9 Å². The van der Waals surface area contributed by atoms with Crippen molar-refractivity contribution in [1.29, 1.82) is 0 Å². The second-order valence-electron chi connectivity index (χ2n) is 12.7.